The van der Waals surface area contributed by atoms with Crippen LogP contribution in [0.3, 0.4) is 0 Å². The monoisotopic (exact) mass is 442 g/mol. The fraction of sp³-hybridized carbons (Fsp3) is 0.105. The smallest absolute Gasteiger partial charge is 0.350 e. The number of halogens is 2. The zero-order valence-electron chi connectivity index (χ0n) is 15.4. The topological polar surface area (TPSA) is 98.6 Å². The van der Waals surface area contributed by atoms with E-state index in [0.29, 0.717) is 21.3 Å². The Bertz CT molecular complexity index is 1340. The van der Waals surface area contributed by atoms with E-state index in [0.717, 1.165) is 22.1 Å². The molecule has 0 N–H and O–H groups in total. The van der Waals surface area contributed by atoms with Gasteiger partial charge >= 0.3 is 5.69 Å². The van der Waals surface area contributed by atoms with Gasteiger partial charge in [-0.2, -0.15) is 15.0 Å². The third kappa shape index (κ3) is 3.80. The molecule has 0 bridgehead atoms. The van der Waals surface area contributed by atoms with E-state index < -0.39 is 11.5 Å². The minimum Gasteiger partial charge on any atom is -0.442 e. The number of thiazole rings is 1. The molecule has 0 atom stereocenters. The van der Waals surface area contributed by atoms with Gasteiger partial charge in [-0.05, 0) is 25.1 Å². The molecule has 0 aliphatic heterocycles. The lowest BCUT2D eigenvalue weighted by molar-refractivity contribution is 0.448. The average molecular weight is 443 g/mol. The van der Waals surface area contributed by atoms with Crippen molar-refractivity contribution in [2.24, 2.45) is 0 Å². The van der Waals surface area contributed by atoms with Gasteiger partial charge in [-0.25, -0.2) is 14.2 Å². The van der Waals surface area contributed by atoms with Gasteiger partial charge in [0.15, 0.2) is 16.6 Å². The lowest BCUT2D eigenvalue weighted by atomic mass is 10.3. The molecule has 0 saturated heterocycles. The van der Waals surface area contributed by atoms with Crippen molar-refractivity contribution in [3.05, 3.63) is 80.6 Å². The molecular formula is C19H12ClFN6O2S. The van der Waals surface area contributed by atoms with E-state index in [-0.39, 0.29) is 23.0 Å². The lowest BCUT2D eigenvalue weighted by Gasteiger charge is -2.07. The minimum atomic E-state index is -0.685. The quantitative estimate of drug-likeness (QED) is 0.467. The van der Waals surface area contributed by atoms with Crippen molar-refractivity contribution >= 4 is 22.9 Å². The summed E-state index contributed by atoms with van der Waals surface area (Å²) in [4.78, 5) is 20.7. The molecule has 0 aliphatic carbocycles. The maximum atomic E-state index is 14.6. The van der Waals surface area contributed by atoms with Crippen LogP contribution in [0, 0.1) is 24.1 Å². The number of ether oxygens (including phenoxy) is 1. The van der Waals surface area contributed by atoms with Gasteiger partial charge in [0.05, 0.1) is 17.9 Å². The summed E-state index contributed by atoms with van der Waals surface area (Å²) in [7, 11) is 0. The van der Waals surface area contributed by atoms with Gasteiger partial charge in [0.2, 0.25) is 5.06 Å². The molecule has 3 aromatic heterocycles. The van der Waals surface area contributed by atoms with Crippen molar-refractivity contribution in [1.29, 1.82) is 5.26 Å². The summed E-state index contributed by atoms with van der Waals surface area (Å²) in [6, 6.07) is 7.59. The zero-order valence-corrected chi connectivity index (χ0v) is 17.0. The molecule has 11 heteroatoms. The first-order valence-electron chi connectivity index (χ1n) is 8.54. The Morgan fingerprint density at radius 2 is 2.20 bits per heavy atom. The average Bonchev–Trinajstić information content (AvgIpc) is 3.27. The van der Waals surface area contributed by atoms with Crippen molar-refractivity contribution in [3.8, 4) is 22.6 Å². The number of aromatic nitrogens is 5. The Hall–Kier alpha value is -3.55. The van der Waals surface area contributed by atoms with Crippen LogP contribution in [0.15, 0.2) is 47.8 Å². The van der Waals surface area contributed by atoms with Gasteiger partial charge in [0, 0.05) is 29.0 Å². The highest BCUT2D eigenvalue weighted by molar-refractivity contribution is 7.14. The number of hydrogen-bond acceptors (Lipinski definition) is 7. The Labute approximate surface area is 178 Å². The maximum absolute atomic E-state index is 14.6. The summed E-state index contributed by atoms with van der Waals surface area (Å²) in [6.45, 7) is 1.85. The van der Waals surface area contributed by atoms with E-state index >= 15 is 0 Å². The zero-order chi connectivity index (χ0) is 21.3. The molecule has 4 rings (SSSR count). The van der Waals surface area contributed by atoms with Crippen molar-refractivity contribution in [2.75, 3.05) is 0 Å². The summed E-state index contributed by atoms with van der Waals surface area (Å²) in [5.74, 6) is -0.736. The Kier molecular flexibility index (Phi) is 5.31. The fourth-order valence-electron chi connectivity index (χ4n) is 2.66. The van der Waals surface area contributed by atoms with E-state index in [2.05, 4.69) is 15.1 Å². The van der Waals surface area contributed by atoms with Gasteiger partial charge in [0.1, 0.15) is 12.4 Å². The van der Waals surface area contributed by atoms with Crippen molar-refractivity contribution in [2.45, 2.75) is 13.5 Å². The highest BCUT2D eigenvalue weighted by atomic mass is 35.5. The lowest BCUT2D eigenvalue weighted by Crippen LogP contribution is -2.24. The second-order valence-corrected chi connectivity index (χ2v) is 7.51. The van der Waals surface area contributed by atoms with Gasteiger partial charge in [0.25, 0.3) is 0 Å². The van der Waals surface area contributed by atoms with Gasteiger partial charge in [-0.1, -0.05) is 22.9 Å². The predicted molar refractivity (Wildman–Crippen MR) is 108 cm³/mol. The fourth-order valence-corrected chi connectivity index (χ4v) is 3.55. The SMILES string of the molecule is Cc1nc(C#N)sc1Oc1ccc(-n2ncn(Cc3cnccc3Cl)c2=O)cc1F. The summed E-state index contributed by atoms with van der Waals surface area (Å²) in [5.41, 5.74) is 0.927. The number of nitriles is 1. The Balaban J connectivity index is 1.60. The van der Waals surface area contributed by atoms with Crippen molar-refractivity contribution in [1.82, 2.24) is 24.3 Å². The van der Waals surface area contributed by atoms with Gasteiger partial charge < -0.3 is 4.74 Å². The van der Waals surface area contributed by atoms with Crippen molar-refractivity contribution in [3.63, 3.8) is 0 Å². The molecule has 0 aliphatic rings. The van der Waals surface area contributed by atoms with Crippen LogP contribution in [-0.4, -0.2) is 24.3 Å². The van der Waals surface area contributed by atoms with E-state index in [1.165, 1.54) is 23.0 Å². The number of pyridine rings is 1. The van der Waals surface area contributed by atoms with Gasteiger partial charge in [-0.15, -0.1) is 0 Å². The number of benzene rings is 1. The number of nitrogens with zero attached hydrogens (tertiary/aromatic N) is 6. The minimum absolute atomic E-state index is 0.0513. The molecule has 3 heterocycles. The largest absolute Gasteiger partial charge is 0.442 e. The Morgan fingerprint density at radius 3 is 2.90 bits per heavy atom. The second-order valence-electron chi connectivity index (χ2n) is 6.14. The number of aryl methyl sites for hydroxylation is 1. The summed E-state index contributed by atoms with van der Waals surface area (Å²) in [6.07, 6.45) is 4.47. The third-order valence-corrected chi connectivity index (χ3v) is 5.44. The molecule has 4 aromatic rings. The molecule has 150 valence electrons. The van der Waals surface area contributed by atoms with Gasteiger partial charge in [-0.3, -0.25) is 9.55 Å². The normalized spacial score (nSPS) is 10.7. The summed E-state index contributed by atoms with van der Waals surface area (Å²) >= 11 is 7.13. The molecule has 0 radical (unpaired) electrons. The summed E-state index contributed by atoms with van der Waals surface area (Å²) < 4.78 is 22.5. The Morgan fingerprint density at radius 1 is 1.37 bits per heavy atom. The highest BCUT2D eigenvalue weighted by Crippen LogP contribution is 2.33. The molecule has 0 fully saturated rings. The highest BCUT2D eigenvalue weighted by Gasteiger charge is 2.15. The molecular weight excluding hydrogens is 431 g/mol. The first-order valence-corrected chi connectivity index (χ1v) is 9.74. The number of hydrogen-bond donors (Lipinski definition) is 0. The third-order valence-electron chi connectivity index (χ3n) is 4.13. The standard InChI is InChI=1S/C19H12ClFN6O2S/c1-11-18(30-17(7-22)25-11)29-16-3-2-13(6-15(16)21)27-19(28)26(10-24-27)9-12-8-23-5-4-14(12)20/h2-6,8,10H,9H2,1H3. The molecule has 8 nitrogen and oxygen atoms in total. The molecule has 0 spiro atoms. The van der Waals surface area contributed by atoms with Crippen LogP contribution in [0.2, 0.25) is 5.02 Å². The van der Waals surface area contributed by atoms with Crippen LogP contribution >= 0.6 is 22.9 Å². The van der Waals surface area contributed by atoms with Crippen LogP contribution in [0.25, 0.3) is 5.69 Å². The first kappa shape index (κ1) is 19.8. The maximum Gasteiger partial charge on any atom is 0.350 e. The van der Waals surface area contributed by atoms with E-state index in [1.807, 2.05) is 6.07 Å². The van der Waals surface area contributed by atoms with Crippen LogP contribution < -0.4 is 10.4 Å². The second kappa shape index (κ2) is 8.06. The molecule has 0 saturated carbocycles. The molecule has 1 aromatic carbocycles. The van der Waals surface area contributed by atoms with E-state index in [9.17, 15) is 9.18 Å². The van der Waals surface area contributed by atoms with Crippen LogP contribution in [0.1, 0.15) is 16.3 Å². The van der Waals surface area contributed by atoms with E-state index in [1.54, 1.807) is 25.4 Å². The van der Waals surface area contributed by atoms with Crippen LogP contribution in [0.4, 0.5) is 4.39 Å². The predicted octanol–water partition coefficient (Wildman–Crippen LogP) is 3.70. The number of rotatable bonds is 5. The van der Waals surface area contributed by atoms with E-state index in [4.69, 9.17) is 21.6 Å². The summed E-state index contributed by atoms with van der Waals surface area (Å²) in [5, 5.41) is 14.0. The molecule has 30 heavy (non-hydrogen) atoms. The van der Waals surface area contributed by atoms with Crippen molar-refractivity contribution < 1.29 is 9.13 Å². The van der Waals surface area contributed by atoms with Crippen LogP contribution in [-0.2, 0) is 6.54 Å². The first-order chi connectivity index (χ1) is 14.5. The van der Waals surface area contributed by atoms with Crippen LogP contribution in [0.5, 0.6) is 10.8 Å². The molecule has 0 unspecified atom stereocenters. The molecule has 0 amide bonds.